The van der Waals surface area contributed by atoms with E-state index in [4.69, 9.17) is 4.74 Å². The second kappa shape index (κ2) is 6.28. The SMILES string of the molecule is CCSCCC1COCCC1Br. The van der Waals surface area contributed by atoms with Crippen molar-refractivity contribution in [2.24, 2.45) is 5.92 Å². The first-order valence-corrected chi connectivity index (χ1v) is 6.71. The highest BCUT2D eigenvalue weighted by Crippen LogP contribution is 2.25. The normalized spacial score (nSPS) is 30.5. The smallest absolute Gasteiger partial charge is 0.0505 e. The Kier molecular flexibility index (Phi) is 5.68. The fourth-order valence-corrected chi connectivity index (χ4v) is 2.78. The van der Waals surface area contributed by atoms with Gasteiger partial charge in [0.1, 0.15) is 0 Å². The highest BCUT2D eigenvalue weighted by atomic mass is 79.9. The van der Waals surface area contributed by atoms with E-state index in [9.17, 15) is 0 Å². The van der Waals surface area contributed by atoms with Crippen LogP contribution in [0.2, 0.25) is 0 Å². The summed E-state index contributed by atoms with van der Waals surface area (Å²) < 4.78 is 5.44. The number of hydrogen-bond acceptors (Lipinski definition) is 2. The Balaban J connectivity index is 2.11. The highest BCUT2D eigenvalue weighted by molar-refractivity contribution is 9.09. The molecule has 1 saturated heterocycles. The Morgan fingerprint density at radius 1 is 1.58 bits per heavy atom. The molecule has 3 heteroatoms. The molecule has 1 fully saturated rings. The standard InChI is InChI=1S/C9H17BrOS/c1-2-12-6-4-8-7-11-5-3-9(8)10/h8-9H,2-7H2,1H3. The Hall–Kier alpha value is 0.790. The first-order valence-electron chi connectivity index (χ1n) is 4.64. The summed E-state index contributed by atoms with van der Waals surface area (Å²) in [5.41, 5.74) is 0. The molecule has 1 aliphatic heterocycles. The van der Waals surface area contributed by atoms with Crippen LogP contribution in [0.4, 0.5) is 0 Å². The molecule has 12 heavy (non-hydrogen) atoms. The van der Waals surface area contributed by atoms with Crippen LogP contribution >= 0.6 is 27.7 Å². The summed E-state index contributed by atoms with van der Waals surface area (Å²) in [7, 11) is 0. The molecule has 0 aromatic carbocycles. The van der Waals surface area contributed by atoms with Gasteiger partial charge in [-0.2, -0.15) is 11.8 Å². The number of rotatable bonds is 4. The topological polar surface area (TPSA) is 9.23 Å². The monoisotopic (exact) mass is 252 g/mol. The summed E-state index contributed by atoms with van der Waals surface area (Å²) in [6, 6.07) is 0. The quantitative estimate of drug-likeness (QED) is 0.562. The lowest BCUT2D eigenvalue weighted by Gasteiger charge is -2.27. The van der Waals surface area contributed by atoms with E-state index < -0.39 is 0 Å². The molecule has 0 radical (unpaired) electrons. The van der Waals surface area contributed by atoms with Crippen LogP contribution in [0.25, 0.3) is 0 Å². The summed E-state index contributed by atoms with van der Waals surface area (Å²) in [4.78, 5) is 0.698. The van der Waals surface area contributed by atoms with Crippen LogP contribution in [0.3, 0.4) is 0 Å². The molecule has 0 saturated carbocycles. The zero-order chi connectivity index (χ0) is 8.81. The molecule has 0 aromatic heterocycles. The number of hydrogen-bond donors (Lipinski definition) is 0. The van der Waals surface area contributed by atoms with Gasteiger partial charge in [0.05, 0.1) is 6.61 Å². The van der Waals surface area contributed by atoms with Crippen molar-refractivity contribution in [3.05, 3.63) is 0 Å². The van der Waals surface area contributed by atoms with Crippen LogP contribution in [0, 0.1) is 5.92 Å². The Bertz CT molecular complexity index is 121. The maximum Gasteiger partial charge on any atom is 0.0505 e. The first kappa shape index (κ1) is 10.9. The van der Waals surface area contributed by atoms with Gasteiger partial charge in [0.2, 0.25) is 0 Å². The zero-order valence-corrected chi connectivity index (χ0v) is 9.99. The minimum atomic E-state index is 0.698. The van der Waals surface area contributed by atoms with Gasteiger partial charge in [-0.3, -0.25) is 0 Å². The van der Waals surface area contributed by atoms with Crippen molar-refractivity contribution in [3.8, 4) is 0 Å². The van der Waals surface area contributed by atoms with Gasteiger partial charge < -0.3 is 4.74 Å². The maximum absolute atomic E-state index is 5.44. The minimum absolute atomic E-state index is 0.698. The summed E-state index contributed by atoms with van der Waals surface area (Å²) in [6.45, 7) is 4.11. The Labute approximate surface area is 87.8 Å². The average Bonchev–Trinajstić information content (AvgIpc) is 2.09. The Morgan fingerprint density at radius 3 is 3.08 bits per heavy atom. The molecule has 2 atom stereocenters. The van der Waals surface area contributed by atoms with Crippen LogP contribution in [-0.4, -0.2) is 29.5 Å². The van der Waals surface area contributed by atoms with Crippen LogP contribution in [0.15, 0.2) is 0 Å². The predicted octanol–water partition coefficient (Wildman–Crippen LogP) is 2.93. The zero-order valence-electron chi connectivity index (χ0n) is 7.59. The molecule has 0 spiro atoms. The van der Waals surface area contributed by atoms with E-state index >= 15 is 0 Å². The van der Waals surface area contributed by atoms with Crippen molar-refractivity contribution in [1.82, 2.24) is 0 Å². The maximum atomic E-state index is 5.44. The van der Waals surface area contributed by atoms with E-state index in [0.717, 1.165) is 19.1 Å². The average molecular weight is 253 g/mol. The molecule has 1 rings (SSSR count). The molecular formula is C9H17BrOS. The lowest BCUT2D eigenvalue weighted by molar-refractivity contribution is 0.0595. The second-order valence-electron chi connectivity index (χ2n) is 3.13. The van der Waals surface area contributed by atoms with Crippen LogP contribution < -0.4 is 0 Å². The molecule has 0 bridgehead atoms. The number of alkyl halides is 1. The van der Waals surface area contributed by atoms with E-state index in [1.807, 2.05) is 11.8 Å². The fraction of sp³-hybridized carbons (Fsp3) is 1.00. The van der Waals surface area contributed by atoms with Crippen LogP contribution in [0.5, 0.6) is 0 Å². The van der Waals surface area contributed by atoms with Gasteiger partial charge in [-0.15, -0.1) is 0 Å². The van der Waals surface area contributed by atoms with E-state index in [-0.39, 0.29) is 0 Å². The molecule has 0 N–H and O–H groups in total. The molecule has 0 amide bonds. The number of halogens is 1. The predicted molar refractivity (Wildman–Crippen MR) is 59.3 cm³/mol. The van der Waals surface area contributed by atoms with Crippen molar-refractivity contribution >= 4 is 27.7 Å². The van der Waals surface area contributed by atoms with Crippen molar-refractivity contribution in [3.63, 3.8) is 0 Å². The van der Waals surface area contributed by atoms with E-state index in [1.165, 1.54) is 24.3 Å². The van der Waals surface area contributed by atoms with E-state index in [1.54, 1.807) is 0 Å². The summed E-state index contributed by atoms with van der Waals surface area (Å²) in [5, 5.41) is 0. The largest absolute Gasteiger partial charge is 0.381 e. The second-order valence-corrected chi connectivity index (χ2v) is 5.70. The van der Waals surface area contributed by atoms with Crippen LogP contribution in [-0.2, 0) is 4.74 Å². The number of thioether (sulfide) groups is 1. The molecule has 0 aliphatic carbocycles. The van der Waals surface area contributed by atoms with E-state index in [2.05, 4.69) is 22.9 Å². The lowest BCUT2D eigenvalue weighted by atomic mass is 10.00. The summed E-state index contributed by atoms with van der Waals surface area (Å²) in [6.07, 6.45) is 2.48. The third-order valence-electron chi connectivity index (χ3n) is 2.22. The van der Waals surface area contributed by atoms with Crippen LogP contribution in [0.1, 0.15) is 19.8 Å². The van der Waals surface area contributed by atoms with Gasteiger partial charge >= 0.3 is 0 Å². The molecule has 2 unspecified atom stereocenters. The van der Waals surface area contributed by atoms with Crippen molar-refractivity contribution in [1.29, 1.82) is 0 Å². The minimum Gasteiger partial charge on any atom is -0.381 e. The first-order chi connectivity index (χ1) is 5.84. The van der Waals surface area contributed by atoms with Gasteiger partial charge in [0.15, 0.2) is 0 Å². The van der Waals surface area contributed by atoms with Gasteiger partial charge in [-0.05, 0) is 30.3 Å². The molecule has 1 aliphatic rings. The molecule has 0 aromatic rings. The molecule has 72 valence electrons. The van der Waals surface area contributed by atoms with Gasteiger partial charge in [-0.1, -0.05) is 22.9 Å². The van der Waals surface area contributed by atoms with Crippen molar-refractivity contribution < 1.29 is 4.74 Å². The molecule has 1 heterocycles. The van der Waals surface area contributed by atoms with E-state index in [0.29, 0.717) is 4.83 Å². The fourth-order valence-electron chi connectivity index (χ4n) is 1.41. The summed E-state index contributed by atoms with van der Waals surface area (Å²) >= 11 is 5.74. The highest BCUT2D eigenvalue weighted by Gasteiger charge is 2.22. The summed E-state index contributed by atoms with van der Waals surface area (Å²) in [5.74, 6) is 3.27. The third kappa shape index (κ3) is 3.67. The van der Waals surface area contributed by atoms with Gasteiger partial charge in [0, 0.05) is 11.4 Å². The number of ether oxygens (including phenoxy) is 1. The van der Waals surface area contributed by atoms with Crippen molar-refractivity contribution in [2.75, 3.05) is 24.7 Å². The lowest BCUT2D eigenvalue weighted by Crippen LogP contribution is -2.28. The van der Waals surface area contributed by atoms with Crippen molar-refractivity contribution in [2.45, 2.75) is 24.6 Å². The third-order valence-corrected chi connectivity index (χ3v) is 4.36. The molecule has 1 nitrogen and oxygen atoms in total. The Morgan fingerprint density at radius 2 is 2.42 bits per heavy atom. The van der Waals surface area contributed by atoms with Gasteiger partial charge in [-0.25, -0.2) is 0 Å². The van der Waals surface area contributed by atoms with Gasteiger partial charge in [0.25, 0.3) is 0 Å². The molecular weight excluding hydrogens is 236 g/mol.